The van der Waals surface area contributed by atoms with Crippen molar-refractivity contribution in [3.8, 4) is 0 Å². The first-order valence-electron chi connectivity index (χ1n) is 8.67. The summed E-state index contributed by atoms with van der Waals surface area (Å²) < 4.78 is 43.1. The van der Waals surface area contributed by atoms with Crippen molar-refractivity contribution in [1.82, 2.24) is 10.2 Å². The summed E-state index contributed by atoms with van der Waals surface area (Å²) in [5.74, 6) is -1.42. The molecule has 0 bridgehead atoms. The van der Waals surface area contributed by atoms with Crippen molar-refractivity contribution in [2.75, 3.05) is 18.1 Å². The Kier molecular flexibility index (Phi) is 5.23. The third kappa shape index (κ3) is 3.69. The molecule has 0 aliphatic carbocycles. The van der Waals surface area contributed by atoms with Gasteiger partial charge in [-0.25, -0.2) is 22.4 Å². The number of halogens is 1. The molecule has 27 heavy (non-hydrogen) atoms. The van der Waals surface area contributed by atoms with Gasteiger partial charge in [-0.05, 0) is 26.3 Å². The zero-order chi connectivity index (χ0) is 19.8. The van der Waals surface area contributed by atoms with Gasteiger partial charge < -0.3 is 10.1 Å². The maximum atomic E-state index is 14.3. The van der Waals surface area contributed by atoms with E-state index in [4.69, 9.17) is 4.74 Å². The maximum absolute atomic E-state index is 14.3. The van der Waals surface area contributed by atoms with Crippen LogP contribution in [0, 0.1) is 5.82 Å². The Morgan fingerprint density at radius 3 is 2.67 bits per heavy atom. The predicted molar refractivity (Wildman–Crippen MR) is 95.9 cm³/mol. The van der Waals surface area contributed by atoms with E-state index in [1.54, 1.807) is 19.9 Å². The molecule has 1 aromatic rings. The molecule has 0 aromatic heterocycles. The van der Waals surface area contributed by atoms with E-state index in [0.717, 1.165) is 0 Å². The monoisotopic (exact) mass is 396 g/mol. The smallest absolute Gasteiger partial charge is 0.338 e. The molecule has 0 saturated carbocycles. The molecule has 2 aliphatic heterocycles. The highest BCUT2D eigenvalue weighted by atomic mass is 32.2. The zero-order valence-corrected chi connectivity index (χ0v) is 15.9. The lowest BCUT2D eigenvalue weighted by Crippen LogP contribution is -2.52. The van der Waals surface area contributed by atoms with Crippen molar-refractivity contribution >= 4 is 21.8 Å². The van der Waals surface area contributed by atoms with Crippen LogP contribution in [0.5, 0.6) is 0 Å². The number of hydrogen-bond donors (Lipinski definition) is 1. The molecule has 1 fully saturated rings. The van der Waals surface area contributed by atoms with Crippen LogP contribution in [0.15, 0.2) is 35.5 Å². The average molecular weight is 396 g/mol. The van der Waals surface area contributed by atoms with Crippen LogP contribution in [0.25, 0.3) is 0 Å². The molecular formula is C18H21FN2O5S. The Hall–Kier alpha value is -2.42. The number of hydrogen-bond acceptors (Lipinski definition) is 5. The van der Waals surface area contributed by atoms with Gasteiger partial charge in [0.2, 0.25) is 0 Å². The minimum atomic E-state index is -3.23. The number of nitrogens with zero attached hydrogens (tertiary/aromatic N) is 1. The van der Waals surface area contributed by atoms with Gasteiger partial charge in [-0.15, -0.1) is 0 Å². The van der Waals surface area contributed by atoms with Crippen molar-refractivity contribution < 1.29 is 27.1 Å². The van der Waals surface area contributed by atoms with Crippen molar-refractivity contribution in [3.05, 3.63) is 46.9 Å². The Balaban J connectivity index is 2.08. The first-order valence-corrected chi connectivity index (χ1v) is 10.5. The molecule has 2 aliphatic rings. The quantitative estimate of drug-likeness (QED) is 0.785. The van der Waals surface area contributed by atoms with Crippen LogP contribution in [0.3, 0.4) is 0 Å². The molecular weight excluding hydrogens is 375 g/mol. The minimum absolute atomic E-state index is 0.0137. The lowest BCUT2D eigenvalue weighted by molar-refractivity contribution is -0.139. The fourth-order valence-corrected chi connectivity index (χ4v) is 5.29. The fourth-order valence-electron chi connectivity index (χ4n) is 3.59. The summed E-state index contributed by atoms with van der Waals surface area (Å²) >= 11 is 0. The maximum Gasteiger partial charge on any atom is 0.338 e. The molecule has 146 valence electrons. The Morgan fingerprint density at radius 2 is 2.07 bits per heavy atom. The fraction of sp³-hybridized carbons (Fsp3) is 0.444. The van der Waals surface area contributed by atoms with Crippen LogP contribution in [-0.2, 0) is 19.4 Å². The van der Waals surface area contributed by atoms with Gasteiger partial charge in [-0.2, -0.15) is 0 Å². The Morgan fingerprint density at radius 1 is 1.37 bits per heavy atom. The number of sulfone groups is 1. The van der Waals surface area contributed by atoms with Crippen LogP contribution in [0.2, 0.25) is 0 Å². The molecule has 7 nitrogen and oxygen atoms in total. The summed E-state index contributed by atoms with van der Waals surface area (Å²) in [5, 5.41) is 2.64. The van der Waals surface area contributed by atoms with Crippen LogP contribution in [-0.4, -0.2) is 49.5 Å². The molecule has 2 atom stereocenters. The average Bonchev–Trinajstić information content (AvgIpc) is 2.94. The van der Waals surface area contributed by atoms with E-state index in [9.17, 15) is 22.4 Å². The van der Waals surface area contributed by atoms with Crippen molar-refractivity contribution in [3.63, 3.8) is 0 Å². The van der Waals surface area contributed by atoms with Gasteiger partial charge in [0.05, 0.1) is 35.8 Å². The summed E-state index contributed by atoms with van der Waals surface area (Å²) in [6.45, 7) is 3.32. The number of carbonyl (C=O) groups excluding carboxylic acids is 2. The molecule has 2 amide bonds. The molecule has 2 heterocycles. The standard InChI is InChI=1S/C18H21FN2O5S/c1-3-26-17(22)15-11(2)21(12-8-9-27(24,25)10-12)18(23)20-16(15)13-6-4-5-7-14(13)19/h4-7,12,16H,3,8-10H2,1-2H3,(H,20,23)/t12-,16+/m1/s1. The lowest BCUT2D eigenvalue weighted by atomic mass is 9.94. The topological polar surface area (TPSA) is 92.8 Å². The van der Waals surface area contributed by atoms with Crippen molar-refractivity contribution in [2.45, 2.75) is 32.4 Å². The Labute approximate surface area is 157 Å². The van der Waals surface area contributed by atoms with Gasteiger partial charge in [0.15, 0.2) is 9.84 Å². The summed E-state index contributed by atoms with van der Waals surface area (Å²) in [4.78, 5) is 26.6. The van der Waals surface area contributed by atoms with E-state index < -0.39 is 39.7 Å². The Bertz CT molecular complexity index is 912. The first kappa shape index (κ1) is 19.3. The van der Waals surface area contributed by atoms with Crippen LogP contribution in [0.4, 0.5) is 9.18 Å². The summed E-state index contributed by atoms with van der Waals surface area (Å²) in [5.41, 5.74) is 0.533. The SMILES string of the molecule is CCOC(=O)C1=C(C)N([C@@H]2CCS(=O)(=O)C2)C(=O)N[C@H]1c1ccccc1F. The van der Waals surface area contributed by atoms with Gasteiger partial charge in [-0.3, -0.25) is 4.90 Å². The number of esters is 1. The van der Waals surface area contributed by atoms with E-state index in [2.05, 4.69) is 5.32 Å². The van der Waals surface area contributed by atoms with E-state index in [0.29, 0.717) is 0 Å². The number of rotatable bonds is 4. The molecule has 0 unspecified atom stereocenters. The second kappa shape index (κ2) is 7.30. The molecule has 3 rings (SSSR count). The molecule has 1 saturated heterocycles. The van der Waals surface area contributed by atoms with Crippen LogP contribution >= 0.6 is 0 Å². The number of amides is 2. The van der Waals surface area contributed by atoms with Crippen molar-refractivity contribution in [1.29, 1.82) is 0 Å². The molecule has 0 spiro atoms. The second-order valence-electron chi connectivity index (χ2n) is 6.55. The summed E-state index contributed by atoms with van der Waals surface area (Å²) in [6.07, 6.45) is 0.285. The number of carbonyl (C=O) groups is 2. The third-order valence-corrected chi connectivity index (χ3v) is 6.56. The number of benzene rings is 1. The normalized spacial score (nSPS) is 24.7. The van der Waals surface area contributed by atoms with Crippen molar-refractivity contribution in [2.24, 2.45) is 0 Å². The minimum Gasteiger partial charge on any atom is -0.463 e. The predicted octanol–water partition coefficient (Wildman–Crippen LogP) is 1.92. The number of allylic oxidation sites excluding steroid dienone is 1. The highest BCUT2D eigenvalue weighted by molar-refractivity contribution is 7.91. The first-order chi connectivity index (χ1) is 12.7. The van der Waals surface area contributed by atoms with Crippen LogP contribution < -0.4 is 5.32 Å². The van der Waals surface area contributed by atoms with Gasteiger partial charge in [-0.1, -0.05) is 18.2 Å². The van der Waals surface area contributed by atoms with E-state index >= 15 is 0 Å². The molecule has 9 heteroatoms. The van der Waals surface area contributed by atoms with E-state index in [-0.39, 0.29) is 41.4 Å². The highest BCUT2D eigenvalue weighted by Gasteiger charge is 2.43. The zero-order valence-electron chi connectivity index (χ0n) is 15.1. The van der Waals surface area contributed by atoms with E-state index in [1.807, 2.05) is 0 Å². The molecule has 1 N–H and O–H groups in total. The number of ether oxygens (including phenoxy) is 1. The highest BCUT2D eigenvalue weighted by Crippen LogP contribution is 2.35. The van der Waals surface area contributed by atoms with Gasteiger partial charge in [0.1, 0.15) is 5.82 Å². The van der Waals surface area contributed by atoms with Crippen LogP contribution in [0.1, 0.15) is 31.9 Å². The van der Waals surface area contributed by atoms with Gasteiger partial charge in [0, 0.05) is 11.3 Å². The molecule has 0 radical (unpaired) electrons. The largest absolute Gasteiger partial charge is 0.463 e. The molecule has 1 aromatic carbocycles. The second-order valence-corrected chi connectivity index (χ2v) is 8.78. The summed E-state index contributed by atoms with van der Waals surface area (Å²) in [7, 11) is -3.23. The summed E-state index contributed by atoms with van der Waals surface area (Å²) in [6, 6.07) is 3.72. The number of urea groups is 1. The van der Waals surface area contributed by atoms with Gasteiger partial charge in [0.25, 0.3) is 0 Å². The third-order valence-electron chi connectivity index (χ3n) is 4.81. The van der Waals surface area contributed by atoms with Gasteiger partial charge >= 0.3 is 12.0 Å². The lowest BCUT2D eigenvalue weighted by Gasteiger charge is -2.38. The number of nitrogens with one attached hydrogen (secondary N) is 1. The van der Waals surface area contributed by atoms with E-state index in [1.165, 1.54) is 23.1 Å².